The molecule has 0 N–H and O–H groups in total. The number of aryl methyl sites for hydroxylation is 1. The summed E-state index contributed by atoms with van der Waals surface area (Å²) in [6.45, 7) is 3.08. The number of rotatable bonds is 4. The number of hydrogen-bond acceptors (Lipinski definition) is 4. The van der Waals surface area contributed by atoms with Gasteiger partial charge in [-0.3, -0.25) is 4.57 Å². The highest BCUT2D eigenvalue weighted by Crippen LogP contribution is 2.34. The van der Waals surface area contributed by atoms with E-state index in [1.807, 2.05) is 37.3 Å². The van der Waals surface area contributed by atoms with Crippen LogP contribution in [0.4, 0.5) is 0 Å². The van der Waals surface area contributed by atoms with Gasteiger partial charge in [-0.1, -0.05) is 41.9 Å². The lowest BCUT2D eigenvalue weighted by Crippen LogP contribution is -2.39. The monoisotopic (exact) mass is 420 g/mol. The van der Waals surface area contributed by atoms with E-state index in [-0.39, 0.29) is 21.4 Å². The van der Waals surface area contributed by atoms with Crippen molar-refractivity contribution in [1.82, 2.24) is 8.87 Å². The Kier molecular flexibility index (Phi) is 5.07. The van der Waals surface area contributed by atoms with Crippen LogP contribution in [-0.4, -0.2) is 30.4 Å². The SMILES string of the molecule is CCn1c(=O)oc2cc(S(=O)(=O)N3CCCC(c4ccccc4)C3)c(Cl)cc21. The molecule has 0 bridgehead atoms. The Hall–Kier alpha value is -2.09. The van der Waals surface area contributed by atoms with E-state index in [9.17, 15) is 13.2 Å². The molecule has 2 heterocycles. The first kappa shape index (κ1) is 19.2. The van der Waals surface area contributed by atoms with E-state index in [2.05, 4.69) is 0 Å². The molecule has 3 aromatic rings. The Balaban J connectivity index is 1.71. The first-order valence-electron chi connectivity index (χ1n) is 9.29. The van der Waals surface area contributed by atoms with Gasteiger partial charge in [0.1, 0.15) is 4.90 Å². The standard InChI is InChI=1S/C20H21ClN2O4S/c1-2-23-17-11-16(21)19(12-18(17)27-20(23)24)28(25,26)22-10-6-9-15(13-22)14-7-4-3-5-8-14/h3-5,7-8,11-12,15H,2,6,9-10,13H2,1H3. The van der Waals surface area contributed by atoms with Gasteiger partial charge in [0, 0.05) is 25.7 Å². The lowest BCUT2D eigenvalue weighted by atomic mass is 9.92. The van der Waals surface area contributed by atoms with Crippen molar-refractivity contribution in [3.05, 3.63) is 63.6 Å². The topological polar surface area (TPSA) is 72.5 Å². The van der Waals surface area contributed by atoms with E-state index in [4.69, 9.17) is 16.0 Å². The molecule has 1 unspecified atom stereocenters. The van der Waals surface area contributed by atoms with Crippen LogP contribution in [0.15, 0.2) is 56.6 Å². The number of oxazole rings is 1. The van der Waals surface area contributed by atoms with Crippen LogP contribution in [0.2, 0.25) is 5.02 Å². The third-order valence-electron chi connectivity index (χ3n) is 5.31. The molecule has 0 amide bonds. The first-order chi connectivity index (χ1) is 13.4. The molecule has 0 aliphatic carbocycles. The van der Waals surface area contributed by atoms with Crippen molar-refractivity contribution in [3.63, 3.8) is 0 Å². The summed E-state index contributed by atoms with van der Waals surface area (Å²) in [7, 11) is -3.81. The van der Waals surface area contributed by atoms with Crippen molar-refractivity contribution in [2.24, 2.45) is 0 Å². The molecule has 4 rings (SSSR count). The van der Waals surface area contributed by atoms with Crippen LogP contribution in [0.3, 0.4) is 0 Å². The van der Waals surface area contributed by atoms with Crippen LogP contribution in [0.25, 0.3) is 11.1 Å². The number of halogens is 1. The van der Waals surface area contributed by atoms with Gasteiger partial charge in [-0.2, -0.15) is 4.31 Å². The predicted octanol–water partition coefficient (Wildman–Crippen LogP) is 3.84. The largest absolute Gasteiger partial charge is 0.419 e. The van der Waals surface area contributed by atoms with Gasteiger partial charge >= 0.3 is 5.76 Å². The molecule has 1 aliphatic rings. The number of hydrogen-bond donors (Lipinski definition) is 0. The molecule has 148 valence electrons. The van der Waals surface area contributed by atoms with Gasteiger partial charge < -0.3 is 4.42 Å². The molecule has 1 atom stereocenters. The molecular weight excluding hydrogens is 400 g/mol. The summed E-state index contributed by atoms with van der Waals surface area (Å²) in [6, 6.07) is 12.8. The molecular formula is C20H21ClN2O4S. The molecule has 1 fully saturated rings. The fourth-order valence-corrected chi connectivity index (χ4v) is 5.89. The second kappa shape index (κ2) is 7.39. The number of sulfonamides is 1. The smallest absolute Gasteiger partial charge is 0.408 e. The van der Waals surface area contributed by atoms with Gasteiger partial charge in [-0.05, 0) is 37.3 Å². The van der Waals surface area contributed by atoms with Crippen LogP contribution in [0, 0.1) is 0 Å². The third-order valence-corrected chi connectivity index (χ3v) is 7.64. The highest BCUT2D eigenvalue weighted by Gasteiger charge is 2.33. The van der Waals surface area contributed by atoms with Crippen LogP contribution in [0.5, 0.6) is 0 Å². The van der Waals surface area contributed by atoms with E-state index < -0.39 is 15.8 Å². The van der Waals surface area contributed by atoms with E-state index in [1.165, 1.54) is 21.0 Å². The quantitative estimate of drug-likeness (QED) is 0.642. The molecule has 6 nitrogen and oxygen atoms in total. The molecule has 8 heteroatoms. The van der Waals surface area contributed by atoms with Crippen molar-refractivity contribution >= 4 is 32.7 Å². The summed E-state index contributed by atoms with van der Waals surface area (Å²) >= 11 is 6.34. The maximum Gasteiger partial charge on any atom is 0.419 e. The zero-order valence-electron chi connectivity index (χ0n) is 15.5. The van der Waals surface area contributed by atoms with E-state index in [0.717, 1.165) is 18.4 Å². The molecule has 1 aliphatic heterocycles. The molecule has 1 aromatic heterocycles. The van der Waals surface area contributed by atoms with Crippen LogP contribution in [0.1, 0.15) is 31.2 Å². The zero-order valence-corrected chi connectivity index (χ0v) is 17.0. The van der Waals surface area contributed by atoms with Gasteiger partial charge in [0.15, 0.2) is 5.58 Å². The Morgan fingerprint density at radius 1 is 1.21 bits per heavy atom. The van der Waals surface area contributed by atoms with Crippen molar-refractivity contribution in [3.8, 4) is 0 Å². The lowest BCUT2D eigenvalue weighted by molar-refractivity contribution is 0.315. The minimum Gasteiger partial charge on any atom is -0.408 e. The summed E-state index contributed by atoms with van der Waals surface area (Å²) in [5, 5.41) is 0.0948. The number of nitrogens with zero attached hydrogens (tertiary/aromatic N) is 2. The summed E-state index contributed by atoms with van der Waals surface area (Å²) in [4.78, 5) is 11.9. The van der Waals surface area contributed by atoms with Crippen LogP contribution >= 0.6 is 11.6 Å². The second-order valence-electron chi connectivity index (χ2n) is 6.98. The Labute approximate surface area is 168 Å². The lowest BCUT2D eigenvalue weighted by Gasteiger charge is -2.32. The number of aromatic nitrogens is 1. The highest BCUT2D eigenvalue weighted by atomic mass is 35.5. The zero-order chi connectivity index (χ0) is 19.9. The fraction of sp³-hybridized carbons (Fsp3) is 0.350. The normalized spacial score (nSPS) is 18.6. The minimum atomic E-state index is -3.81. The second-order valence-corrected chi connectivity index (χ2v) is 9.29. The maximum absolute atomic E-state index is 13.3. The van der Waals surface area contributed by atoms with E-state index in [0.29, 0.717) is 25.2 Å². The molecule has 0 saturated carbocycles. The van der Waals surface area contributed by atoms with Crippen molar-refractivity contribution in [2.45, 2.75) is 37.1 Å². The molecule has 0 radical (unpaired) electrons. The number of piperidine rings is 1. The van der Waals surface area contributed by atoms with Crippen molar-refractivity contribution in [1.29, 1.82) is 0 Å². The van der Waals surface area contributed by atoms with Gasteiger partial charge in [0.2, 0.25) is 10.0 Å². The summed E-state index contributed by atoms with van der Waals surface area (Å²) in [6.07, 6.45) is 1.72. The average Bonchev–Trinajstić information content (AvgIpc) is 3.02. The Morgan fingerprint density at radius 3 is 2.68 bits per heavy atom. The Morgan fingerprint density at radius 2 is 1.96 bits per heavy atom. The molecule has 0 spiro atoms. The molecule has 1 saturated heterocycles. The van der Waals surface area contributed by atoms with Gasteiger partial charge in [0.25, 0.3) is 0 Å². The first-order valence-corrected chi connectivity index (χ1v) is 11.1. The van der Waals surface area contributed by atoms with Gasteiger partial charge in [-0.25, -0.2) is 13.2 Å². The average molecular weight is 421 g/mol. The van der Waals surface area contributed by atoms with Crippen molar-refractivity contribution in [2.75, 3.05) is 13.1 Å². The summed E-state index contributed by atoms with van der Waals surface area (Å²) in [5.74, 6) is -0.378. The minimum absolute atomic E-state index is 0.0209. The van der Waals surface area contributed by atoms with Gasteiger partial charge in [-0.15, -0.1) is 0 Å². The number of fused-ring (bicyclic) bond motifs is 1. The van der Waals surface area contributed by atoms with Gasteiger partial charge in [0.05, 0.1) is 10.5 Å². The van der Waals surface area contributed by atoms with Crippen molar-refractivity contribution < 1.29 is 12.8 Å². The summed E-state index contributed by atoms with van der Waals surface area (Å²) < 4.78 is 34.7. The predicted molar refractivity (Wildman–Crippen MR) is 108 cm³/mol. The van der Waals surface area contributed by atoms with Crippen LogP contribution in [-0.2, 0) is 16.6 Å². The van der Waals surface area contributed by atoms with E-state index >= 15 is 0 Å². The Bertz CT molecular complexity index is 1170. The van der Waals surface area contributed by atoms with Crippen LogP contribution < -0.4 is 5.76 Å². The highest BCUT2D eigenvalue weighted by molar-refractivity contribution is 7.89. The van der Waals surface area contributed by atoms with E-state index in [1.54, 1.807) is 0 Å². The summed E-state index contributed by atoms with van der Waals surface area (Å²) in [5.41, 5.74) is 1.86. The third kappa shape index (κ3) is 3.27. The number of benzene rings is 2. The molecule has 2 aromatic carbocycles. The molecule has 28 heavy (non-hydrogen) atoms. The maximum atomic E-state index is 13.3. The fourth-order valence-electron chi connectivity index (χ4n) is 3.86.